The van der Waals surface area contributed by atoms with Gasteiger partial charge in [0.05, 0.1) is 11.0 Å². The zero-order valence-electron chi connectivity index (χ0n) is 9.19. The van der Waals surface area contributed by atoms with Crippen molar-refractivity contribution in [3.63, 3.8) is 0 Å². The molecule has 0 saturated carbocycles. The molecule has 0 spiro atoms. The van der Waals surface area contributed by atoms with Crippen LogP contribution in [-0.2, 0) is 0 Å². The molecule has 5 nitrogen and oxygen atoms in total. The molecule has 0 saturated heterocycles. The Kier molecular flexibility index (Phi) is 3.68. The fourth-order valence-corrected chi connectivity index (χ4v) is 1.48. The number of hydrogen-bond donors (Lipinski definition) is 0. The van der Waals surface area contributed by atoms with Crippen molar-refractivity contribution in [2.45, 2.75) is 6.42 Å². The summed E-state index contributed by atoms with van der Waals surface area (Å²) in [5.74, 6) is 0. The molecular formula is C12H11N5. The first-order valence-electron chi connectivity index (χ1n) is 5.28. The Bertz CT molecular complexity index is 584. The second kappa shape index (κ2) is 5.63. The molecule has 2 rings (SSSR count). The van der Waals surface area contributed by atoms with Crippen molar-refractivity contribution >= 4 is 17.1 Å². The lowest BCUT2D eigenvalue weighted by Gasteiger charge is -1.97. The minimum absolute atomic E-state index is 0.486. The minimum Gasteiger partial charge on any atom is -0.253 e. The van der Waals surface area contributed by atoms with Crippen molar-refractivity contribution in [3.05, 3.63) is 52.7 Å². The summed E-state index contributed by atoms with van der Waals surface area (Å²) in [4.78, 5) is 11.1. The maximum Gasteiger partial charge on any atom is 0.0892 e. The normalized spacial score (nSPS) is 10.6. The minimum atomic E-state index is 0.486. The van der Waals surface area contributed by atoms with Gasteiger partial charge in [-0.3, -0.25) is 9.97 Å². The van der Waals surface area contributed by atoms with Crippen molar-refractivity contribution in [2.75, 3.05) is 6.54 Å². The van der Waals surface area contributed by atoms with Crippen LogP contribution in [0.1, 0.15) is 12.0 Å². The molecule has 0 unspecified atom stereocenters. The first-order chi connectivity index (χ1) is 8.40. The van der Waals surface area contributed by atoms with Crippen LogP contribution in [0, 0.1) is 0 Å². The summed E-state index contributed by atoms with van der Waals surface area (Å²) in [6, 6.07) is 5.91. The molecule has 0 amide bonds. The van der Waals surface area contributed by atoms with Crippen LogP contribution in [0.15, 0.2) is 41.8 Å². The molecule has 0 fully saturated rings. The first-order valence-corrected chi connectivity index (χ1v) is 5.28. The van der Waals surface area contributed by atoms with Gasteiger partial charge in [-0.2, -0.15) is 0 Å². The van der Waals surface area contributed by atoms with E-state index in [1.807, 2.05) is 30.4 Å². The highest BCUT2D eigenvalue weighted by atomic mass is 15.1. The fourth-order valence-electron chi connectivity index (χ4n) is 1.48. The highest BCUT2D eigenvalue weighted by molar-refractivity contribution is 5.76. The highest BCUT2D eigenvalue weighted by Crippen LogP contribution is 2.12. The van der Waals surface area contributed by atoms with Gasteiger partial charge in [-0.05, 0) is 29.6 Å². The molecule has 0 aliphatic rings. The van der Waals surface area contributed by atoms with Crippen molar-refractivity contribution in [2.24, 2.45) is 5.11 Å². The zero-order valence-corrected chi connectivity index (χ0v) is 9.19. The fraction of sp³-hybridized carbons (Fsp3) is 0.167. The van der Waals surface area contributed by atoms with Crippen molar-refractivity contribution in [3.8, 4) is 0 Å². The molecule has 0 atom stereocenters. The van der Waals surface area contributed by atoms with E-state index in [2.05, 4.69) is 20.0 Å². The Labute approximate surface area is 98.5 Å². The summed E-state index contributed by atoms with van der Waals surface area (Å²) in [7, 11) is 0. The Morgan fingerprint density at radius 3 is 2.88 bits per heavy atom. The van der Waals surface area contributed by atoms with E-state index < -0.39 is 0 Å². The number of rotatable bonds is 4. The van der Waals surface area contributed by atoms with Gasteiger partial charge in [0.15, 0.2) is 0 Å². The van der Waals surface area contributed by atoms with E-state index in [0.29, 0.717) is 6.54 Å². The quantitative estimate of drug-likeness (QED) is 0.346. The first kappa shape index (κ1) is 11.1. The largest absolute Gasteiger partial charge is 0.253 e. The third-order valence-electron chi connectivity index (χ3n) is 2.26. The van der Waals surface area contributed by atoms with Gasteiger partial charge in [0.25, 0.3) is 0 Å². The monoisotopic (exact) mass is 225 g/mol. The van der Waals surface area contributed by atoms with Crippen LogP contribution >= 0.6 is 0 Å². The van der Waals surface area contributed by atoms with Crippen LogP contribution in [0.25, 0.3) is 27.6 Å². The maximum atomic E-state index is 8.12. The van der Waals surface area contributed by atoms with Gasteiger partial charge >= 0.3 is 0 Å². The average Bonchev–Trinajstić information content (AvgIpc) is 2.38. The predicted octanol–water partition coefficient (Wildman–Crippen LogP) is 3.34. The molecular weight excluding hydrogens is 214 g/mol. The van der Waals surface area contributed by atoms with Crippen molar-refractivity contribution in [1.82, 2.24) is 9.97 Å². The molecule has 0 radical (unpaired) electrons. The Morgan fingerprint density at radius 2 is 2.06 bits per heavy atom. The van der Waals surface area contributed by atoms with Gasteiger partial charge in [-0.1, -0.05) is 23.3 Å². The second-order valence-corrected chi connectivity index (χ2v) is 3.45. The second-order valence-electron chi connectivity index (χ2n) is 3.45. The van der Waals surface area contributed by atoms with E-state index in [9.17, 15) is 0 Å². The lowest BCUT2D eigenvalue weighted by Crippen LogP contribution is -1.82. The van der Waals surface area contributed by atoms with Gasteiger partial charge < -0.3 is 0 Å². The van der Waals surface area contributed by atoms with Crippen LogP contribution in [0.2, 0.25) is 0 Å². The molecule has 17 heavy (non-hydrogen) atoms. The summed E-state index contributed by atoms with van der Waals surface area (Å²) in [5.41, 5.74) is 11.0. The van der Waals surface area contributed by atoms with Crippen LogP contribution in [0.3, 0.4) is 0 Å². The van der Waals surface area contributed by atoms with Crippen molar-refractivity contribution < 1.29 is 0 Å². The predicted molar refractivity (Wildman–Crippen MR) is 67.2 cm³/mol. The van der Waals surface area contributed by atoms with Crippen LogP contribution in [0.5, 0.6) is 0 Å². The Hall–Kier alpha value is -2.39. The van der Waals surface area contributed by atoms with Gasteiger partial charge in [-0.25, -0.2) is 0 Å². The smallest absolute Gasteiger partial charge is 0.0892 e. The van der Waals surface area contributed by atoms with Crippen LogP contribution < -0.4 is 0 Å². The lowest BCUT2D eigenvalue weighted by molar-refractivity contribution is 0.996. The maximum absolute atomic E-state index is 8.12. The summed E-state index contributed by atoms with van der Waals surface area (Å²) < 4.78 is 0. The number of aromatic nitrogens is 2. The highest BCUT2D eigenvalue weighted by Gasteiger charge is 1.94. The molecule has 84 valence electrons. The number of hydrogen-bond acceptors (Lipinski definition) is 3. The zero-order chi connectivity index (χ0) is 11.9. The van der Waals surface area contributed by atoms with E-state index in [1.54, 1.807) is 12.4 Å². The van der Waals surface area contributed by atoms with Gasteiger partial charge in [-0.15, -0.1) is 0 Å². The summed E-state index contributed by atoms with van der Waals surface area (Å²) in [6.07, 6.45) is 8.06. The third kappa shape index (κ3) is 3.03. The average molecular weight is 225 g/mol. The number of benzene rings is 1. The molecule has 5 heteroatoms. The summed E-state index contributed by atoms with van der Waals surface area (Å²) >= 11 is 0. The lowest BCUT2D eigenvalue weighted by atomic mass is 10.1. The third-order valence-corrected chi connectivity index (χ3v) is 2.26. The molecule has 0 N–H and O–H groups in total. The molecule has 0 bridgehead atoms. The van der Waals surface area contributed by atoms with Crippen LogP contribution in [0.4, 0.5) is 0 Å². The summed E-state index contributed by atoms with van der Waals surface area (Å²) in [5, 5.41) is 3.46. The number of nitrogens with zero attached hydrogens (tertiary/aromatic N) is 5. The summed E-state index contributed by atoms with van der Waals surface area (Å²) in [6.45, 7) is 0.486. The SMILES string of the molecule is [N-]=[N+]=NCCC=Cc1ccc2nccnc2c1. The molecule has 1 aromatic heterocycles. The molecule has 1 heterocycles. The topological polar surface area (TPSA) is 74.5 Å². The van der Waals surface area contributed by atoms with E-state index in [0.717, 1.165) is 23.0 Å². The number of azide groups is 1. The van der Waals surface area contributed by atoms with Gasteiger partial charge in [0, 0.05) is 23.9 Å². The molecule has 1 aromatic carbocycles. The van der Waals surface area contributed by atoms with Gasteiger partial charge in [0.2, 0.25) is 0 Å². The van der Waals surface area contributed by atoms with Crippen molar-refractivity contribution in [1.29, 1.82) is 0 Å². The Morgan fingerprint density at radius 1 is 1.24 bits per heavy atom. The number of fused-ring (bicyclic) bond motifs is 1. The van der Waals surface area contributed by atoms with E-state index in [1.165, 1.54) is 0 Å². The molecule has 2 aromatic rings. The van der Waals surface area contributed by atoms with E-state index in [-0.39, 0.29) is 0 Å². The molecule has 0 aliphatic carbocycles. The standard InChI is InChI=1S/C12H11N5/c13-17-16-6-2-1-3-10-4-5-11-12(9-10)15-8-7-14-11/h1,3-5,7-9H,2,6H2. The van der Waals surface area contributed by atoms with E-state index in [4.69, 9.17) is 5.53 Å². The Balaban J connectivity index is 2.11. The van der Waals surface area contributed by atoms with E-state index >= 15 is 0 Å². The van der Waals surface area contributed by atoms with Crippen LogP contribution in [-0.4, -0.2) is 16.5 Å². The van der Waals surface area contributed by atoms with Gasteiger partial charge in [0.1, 0.15) is 0 Å². The molecule has 0 aliphatic heterocycles.